The first kappa shape index (κ1) is 13.9. The van der Waals surface area contributed by atoms with E-state index in [2.05, 4.69) is 19.2 Å². The lowest BCUT2D eigenvalue weighted by Crippen LogP contribution is -2.27. The molecule has 0 spiro atoms. The highest BCUT2D eigenvalue weighted by Gasteiger charge is 2.25. The maximum Gasteiger partial charge on any atom is 0.227 e. The molecule has 1 aliphatic rings. The van der Waals surface area contributed by atoms with Crippen LogP contribution in [0.2, 0.25) is 0 Å². The third kappa shape index (κ3) is 4.27. The zero-order valence-electron chi connectivity index (χ0n) is 11.8. The Balaban J connectivity index is 1.85. The number of nitrogens with one attached hydrogen (secondary N) is 1. The molecule has 1 aromatic rings. The molecule has 0 bridgehead atoms. The molecule has 1 aromatic carbocycles. The summed E-state index contributed by atoms with van der Waals surface area (Å²) in [7, 11) is 0. The molecule has 3 nitrogen and oxygen atoms in total. The average molecular weight is 261 g/mol. The van der Waals surface area contributed by atoms with Crippen LogP contribution in [0.1, 0.15) is 39.5 Å². The molecule has 1 aliphatic carbocycles. The molecule has 1 amide bonds. The zero-order chi connectivity index (χ0) is 13.7. The van der Waals surface area contributed by atoms with Crippen molar-refractivity contribution >= 4 is 11.6 Å². The van der Waals surface area contributed by atoms with Gasteiger partial charge in [0.25, 0.3) is 0 Å². The number of amides is 1. The minimum absolute atomic E-state index is 0.144. The number of anilines is 1. The van der Waals surface area contributed by atoms with Crippen molar-refractivity contribution in [2.45, 2.75) is 39.5 Å². The van der Waals surface area contributed by atoms with Crippen LogP contribution in [0.15, 0.2) is 24.3 Å². The van der Waals surface area contributed by atoms with Gasteiger partial charge in [0.1, 0.15) is 5.75 Å². The van der Waals surface area contributed by atoms with Crippen LogP contribution >= 0.6 is 0 Å². The van der Waals surface area contributed by atoms with Gasteiger partial charge in [0.15, 0.2) is 0 Å². The first-order valence-electron chi connectivity index (χ1n) is 7.19. The summed E-state index contributed by atoms with van der Waals surface area (Å²) in [5, 5.41) is 2.96. The normalized spacial score (nSPS) is 15.1. The summed E-state index contributed by atoms with van der Waals surface area (Å²) in [6, 6.07) is 7.66. The maximum atomic E-state index is 11.9. The van der Waals surface area contributed by atoms with Gasteiger partial charge in [-0.25, -0.2) is 0 Å². The van der Waals surface area contributed by atoms with E-state index >= 15 is 0 Å². The second kappa shape index (κ2) is 6.60. The number of ether oxygens (including phenoxy) is 1. The van der Waals surface area contributed by atoms with Crippen molar-refractivity contribution in [2.24, 2.45) is 11.8 Å². The number of rotatable bonds is 6. The predicted molar refractivity (Wildman–Crippen MR) is 77.4 cm³/mol. The van der Waals surface area contributed by atoms with Crippen molar-refractivity contribution in [1.82, 2.24) is 0 Å². The van der Waals surface area contributed by atoms with E-state index in [1.807, 2.05) is 24.3 Å². The van der Waals surface area contributed by atoms with Gasteiger partial charge in [0.2, 0.25) is 5.91 Å². The van der Waals surface area contributed by atoms with Crippen molar-refractivity contribution in [1.29, 1.82) is 0 Å². The Hall–Kier alpha value is -1.51. The van der Waals surface area contributed by atoms with E-state index in [4.69, 9.17) is 4.74 Å². The molecule has 0 aliphatic heterocycles. The quantitative estimate of drug-likeness (QED) is 0.844. The number of hydrogen-bond donors (Lipinski definition) is 1. The maximum absolute atomic E-state index is 11.9. The molecule has 0 radical (unpaired) electrons. The Bertz CT molecular complexity index is 425. The average Bonchev–Trinajstić information content (AvgIpc) is 2.26. The van der Waals surface area contributed by atoms with Gasteiger partial charge in [-0.05, 0) is 37.3 Å². The first-order chi connectivity index (χ1) is 9.15. The molecule has 2 rings (SSSR count). The highest BCUT2D eigenvalue weighted by Crippen LogP contribution is 2.28. The van der Waals surface area contributed by atoms with Crippen LogP contribution in [0.5, 0.6) is 5.75 Å². The molecule has 1 fully saturated rings. The second-order valence-electron chi connectivity index (χ2n) is 5.68. The van der Waals surface area contributed by atoms with Crippen LogP contribution in [-0.2, 0) is 4.79 Å². The summed E-state index contributed by atoms with van der Waals surface area (Å²) in [4.78, 5) is 11.9. The fourth-order valence-electron chi connectivity index (χ4n) is 1.99. The SMILES string of the molecule is CC(C)CCOc1cccc(NC(=O)C2CCC2)c1. The van der Waals surface area contributed by atoms with Crippen LogP contribution in [0.4, 0.5) is 5.69 Å². The van der Waals surface area contributed by atoms with Gasteiger partial charge in [-0.15, -0.1) is 0 Å². The number of hydrogen-bond acceptors (Lipinski definition) is 2. The monoisotopic (exact) mass is 261 g/mol. The molecule has 19 heavy (non-hydrogen) atoms. The standard InChI is InChI=1S/C16H23NO2/c1-12(2)9-10-19-15-8-4-7-14(11-15)17-16(18)13-5-3-6-13/h4,7-8,11-13H,3,5-6,9-10H2,1-2H3,(H,17,18). The van der Waals surface area contributed by atoms with Gasteiger partial charge in [0.05, 0.1) is 6.61 Å². The molecule has 1 saturated carbocycles. The second-order valence-corrected chi connectivity index (χ2v) is 5.68. The molecular weight excluding hydrogens is 238 g/mol. The molecule has 0 heterocycles. The first-order valence-corrected chi connectivity index (χ1v) is 7.19. The lowest BCUT2D eigenvalue weighted by atomic mass is 9.85. The van der Waals surface area contributed by atoms with Crippen molar-refractivity contribution in [3.63, 3.8) is 0 Å². The lowest BCUT2D eigenvalue weighted by Gasteiger charge is -2.24. The van der Waals surface area contributed by atoms with Crippen molar-refractivity contribution < 1.29 is 9.53 Å². The van der Waals surface area contributed by atoms with Gasteiger partial charge in [-0.2, -0.15) is 0 Å². The molecule has 0 atom stereocenters. The van der Waals surface area contributed by atoms with Gasteiger partial charge >= 0.3 is 0 Å². The lowest BCUT2D eigenvalue weighted by molar-refractivity contribution is -0.122. The minimum atomic E-state index is 0.144. The molecule has 0 saturated heterocycles. The summed E-state index contributed by atoms with van der Waals surface area (Å²) >= 11 is 0. The van der Waals surface area contributed by atoms with E-state index in [9.17, 15) is 4.79 Å². The van der Waals surface area contributed by atoms with Gasteiger partial charge in [-0.3, -0.25) is 4.79 Å². The summed E-state index contributed by atoms with van der Waals surface area (Å²) in [6.07, 6.45) is 4.27. The third-order valence-corrected chi connectivity index (χ3v) is 3.54. The highest BCUT2D eigenvalue weighted by molar-refractivity contribution is 5.93. The van der Waals surface area contributed by atoms with Crippen molar-refractivity contribution in [3.05, 3.63) is 24.3 Å². The Morgan fingerprint density at radius 1 is 1.42 bits per heavy atom. The summed E-state index contributed by atoms with van der Waals surface area (Å²) in [6.45, 7) is 5.08. The molecule has 0 unspecified atom stereocenters. The zero-order valence-corrected chi connectivity index (χ0v) is 11.8. The van der Waals surface area contributed by atoms with Crippen LogP contribution < -0.4 is 10.1 Å². The summed E-state index contributed by atoms with van der Waals surface area (Å²) in [5.41, 5.74) is 0.832. The largest absolute Gasteiger partial charge is 0.494 e. The van der Waals surface area contributed by atoms with E-state index < -0.39 is 0 Å². The predicted octanol–water partition coefficient (Wildman–Crippen LogP) is 3.85. The highest BCUT2D eigenvalue weighted by atomic mass is 16.5. The summed E-state index contributed by atoms with van der Waals surface area (Å²) in [5.74, 6) is 1.82. The molecule has 3 heteroatoms. The third-order valence-electron chi connectivity index (χ3n) is 3.54. The Labute approximate surface area is 115 Å². The fourth-order valence-corrected chi connectivity index (χ4v) is 1.99. The van der Waals surface area contributed by atoms with Crippen LogP contribution in [-0.4, -0.2) is 12.5 Å². The Morgan fingerprint density at radius 3 is 2.84 bits per heavy atom. The van der Waals surface area contributed by atoms with E-state index in [1.165, 1.54) is 6.42 Å². The molecular formula is C16H23NO2. The topological polar surface area (TPSA) is 38.3 Å². The number of benzene rings is 1. The number of carbonyl (C=O) groups is 1. The van der Waals surface area contributed by atoms with Crippen molar-refractivity contribution in [3.8, 4) is 5.75 Å². The Kier molecular flexibility index (Phi) is 4.83. The van der Waals surface area contributed by atoms with E-state index in [0.717, 1.165) is 37.3 Å². The van der Waals surface area contributed by atoms with Gasteiger partial charge < -0.3 is 10.1 Å². The van der Waals surface area contributed by atoms with Crippen LogP contribution in [0, 0.1) is 11.8 Å². The molecule has 104 valence electrons. The van der Waals surface area contributed by atoms with Crippen LogP contribution in [0.25, 0.3) is 0 Å². The van der Waals surface area contributed by atoms with E-state index in [-0.39, 0.29) is 11.8 Å². The molecule has 0 aromatic heterocycles. The Morgan fingerprint density at radius 2 is 2.21 bits per heavy atom. The fraction of sp³-hybridized carbons (Fsp3) is 0.562. The molecule has 1 N–H and O–H groups in total. The van der Waals surface area contributed by atoms with Crippen molar-refractivity contribution in [2.75, 3.05) is 11.9 Å². The smallest absolute Gasteiger partial charge is 0.227 e. The van der Waals surface area contributed by atoms with Gasteiger partial charge in [-0.1, -0.05) is 26.3 Å². The summed E-state index contributed by atoms with van der Waals surface area (Å²) < 4.78 is 5.69. The van der Waals surface area contributed by atoms with Gasteiger partial charge in [0, 0.05) is 17.7 Å². The van der Waals surface area contributed by atoms with E-state index in [0.29, 0.717) is 5.92 Å². The number of carbonyl (C=O) groups excluding carboxylic acids is 1. The van der Waals surface area contributed by atoms with E-state index in [1.54, 1.807) is 0 Å². The van der Waals surface area contributed by atoms with Crippen LogP contribution in [0.3, 0.4) is 0 Å². The minimum Gasteiger partial charge on any atom is -0.494 e.